The molecule has 0 aliphatic carbocycles. The van der Waals surface area contributed by atoms with Crippen molar-refractivity contribution in [1.29, 1.82) is 0 Å². The lowest BCUT2D eigenvalue weighted by atomic mass is 10.1. The van der Waals surface area contributed by atoms with E-state index in [1.54, 1.807) is 12.1 Å². The summed E-state index contributed by atoms with van der Waals surface area (Å²) in [6, 6.07) is 5.17. The average Bonchev–Trinajstić information content (AvgIpc) is 2.62. The molecule has 0 radical (unpaired) electrons. The fourth-order valence-corrected chi connectivity index (χ4v) is 3.76. The van der Waals surface area contributed by atoms with Crippen molar-refractivity contribution in [1.82, 2.24) is 0 Å². The van der Waals surface area contributed by atoms with Crippen molar-refractivity contribution in [2.75, 3.05) is 11.5 Å². The lowest BCUT2D eigenvalue weighted by molar-refractivity contribution is 0.0356. The first kappa shape index (κ1) is 13.5. The lowest BCUT2D eigenvalue weighted by Gasteiger charge is -2.10. The van der Waals surface area contributed by atoms with Crippen LogP contribution in [0.4, 0.5) is 0 Å². The zero-order valence-corrected chi connectivity index (χ0v) is 12.3. The van der Waals surface area contributed by atoms with Crippen LogP contribution in [0.2, 0.25) is 0 Å². The number of rotatable bonds is 2. The summed E-state index contributed by atoms with van der Waals surface area (Å²) in [4.78, 5) is 11.8. The lowest BCUT2D eigenvalue weighted by Crippen LogP contribution is -2.19. The van der Waals surface area contributed by atoms with Crippen molar-refractivity contribution in [3.05, 3.63) is 33.8 Å². The first-order valence-electron chi connectivity index (χ1n) is 5.55. The molecule has 0 amide bonds. The van der Waals surface area contributed by atoms with Gasteiger partial charge in [0.15, 0.2) is 9.84 Å². The average molecular weight is 333 g/mol. The summed E-state index contributed by atoms with van der Waals surface area (Å²) in [5.74, 6) is -0.438. The quantitative estimate of drug-likeness (QED) is 0.778. The van der Waals surface area contributed by atoms with Gasteiger partial charge in [-0.15, -0.1) is 0 Å². The number of esters is 1. The Morgan fingerprint density at radius 2 is 2.17 bits per heavy atom. The maximum absolute atomic E-state index is 11.8. The van der Waals surface area contributed by atoms with E-state index < -0.39 is 21.9 Å². The van der Waals surface area contributed by atoms with Gasteiger partial charge in [-0.05, 0) is 31.0 Å². The van der Waals surface area contributed by atoms with Crippen LogP contribution in [0.3, 0.4) is 0 Å². The number of carbonyl (C=O) groups is 1. The van der Waals surface area contributed by atoms with Crippen LogP contribution in [0, 0.1) is 6.92 Å². The number of aryl methyl sites for hydroxylation is 1. The van der Waals surface area contributed by atoms with E-state index in [1.807, 2.05) is 13.0 Å². The summed E-state index contributed by atoms with van der Waals surface area (Å²) < 4.78 is 28.5. The standard InChI is InChI=1S/C12H13BrO4S/c1-8-2-3-9(6-11(8)13)12(14)17-10-4-5-18(15,16)7-10/h2-3,6,10H,4-5,7H2,1H3/t10-/m0/s1. The van der Waals surface area contributed by atoms with Crippen LogP contribution in [0.5, 0.6) is 0 Å². The number of hydrogen-bond acceptors (Lipinski definition) is 4. The molecule has 1 heterocycles. The first-order chi connectivity index (χ1) is 8.37. The summed E-state index contributed by atoms with van der Waals surface area (Å²) in [5, 5.41) is 0. The second-order valence-corrected chi connectivity index (χ2v) is 7.48. The Morgan fingerprint density at radius 1 is 1.44 bits per heavy atom. The third-order valence-electron chi connectivity index (χ3n) is 2.87. The zero-order valence-electron chi connectivity index (χ0n) is 9.85. The Labute approximate surface area is 114 Å². The van der Waals surface area contributed by atoms with Gasteiger partial charge in [0.1, 0.15) is 6.10 Å². The Balaban J connectivity index is 2.06. The van der Waals surface area contributed by atoms with Gasteiger partial charge < -0.3 is 4.74 Å². The van der Waals surface area contributed by atoms with Gasteiger partial charge in [-0.3, -0.25) is 0 Å². The van der Waals surface area contributed by atoms with Crippen LogP contribution in [0.15, 0.2) is 22.7 Å². The van der Waals surface area contributed by atoms with Crippen LogP contribution >= 0.6 is 15.9 Å². The third kappa shape index (κ3) is 3.11. The van der Waals surface area contributed by atoms with Crippen molar-refractivity contribution in [3.63, 3.8) is 0 Å². The molecule has 2 rings (SSSR count). The summed E-state index contributed by atoms with van der Waals surface area (Å²) in [7, 11) is -3.02. The Kier molecular flexibility index (Phi) is 3.77. The molecular weight excluding hydrogens is 320 g/mol. The summed E-state index contributed by atoms with van der Waals surface area (Å²) in [5.41, 5.74) is 1.45. The van der Waals surface area contributed by atoms with Crippen molar-refractivity contribution >= 4 is 31.7 Å². The van der Waals surface area contributed by atoms with Crippen molar-refractivity contribution in [3.8, 4) is 0 Å². The second kappa shape index (κ2) is 5.01. The summed E-state index contributed by atoms with van der Waals surface area (Å²) >= 11 is 3.34. The summed E-state index contributed by atoms with van der Waals surface area (Å²) in [6.07, 6.45) is -0.122. The molecule has 0 spiro atoms. The Morgan fingerprint density at radius 3 is 2.72 bits per heavy atom. The maximum atomic E-state index is 11.8. The van der Waals surface area contributed by atoms with Crippen LogP contribution in [0.25, 0.3) is 0 Å². The maximum Gasteiger partial charge on any atom is 0.338 e. The van der Waals surface area contributed by atoms with E-state index in [0.29, 0.717) is 12.0 Å². The van der Waals surface area contributed by atoms with E-state index in [0.717, 1.165) is 10.0 Å². The predicted molar refractivity (Wildman–Crippen MR) is 71.4 cm³/mol. The molecule has 1 saturated heterocycles. The topological polar surface area (TPSA) is 60.4 Å². The van der Waals surface area contributed by atoms with E-state index in [4.69, 9.17) is 4.74 Å². The number of sulfone groups is 1. The molecular formula is C12H13BrO4S. The highest BCUT2D eigenvalue weighted by Gasteiger charge is 2.30. The third-order valence-corrected chi connectivity index (χ3v) is 5.46. The number of carbonyl (C=O) groups excluding carboxylic acids is 1. The van der Waals surface area contributed by atoms with Gasteiger partial charge in [-0.25, -0.2) is 13.2 Å². The monoisotopic (exact) mass is 332 g/mol. The number of benzene rings is 1. The smallest absolute Gasteiger partial charge is 0.338 e. The molecule has 98 valence electrons. The SMILES string of the molecule is Cc1ccc(C(=O)O[C@H]2CCS(=O)(=O)C2)cc1Br. The van der Waals surface area contributed by atoms with E-state index >= 15 is 0 Å². The Bertz CT molecular complexity index is 580. The minimum Gasteiger partial charge on any atom is -0.458 e. The van der Waals surface area contributed by atoms with E-state index in [-0.39, 0.29) is 11.5 Å². The number of halogens is 1. The summed E-state index contributed by atoms with van der Waals surface area (Å²) in [6.45, 7) is 1.92. The number of ether oxygens (including phenoxy) is 1. The van der Waals surface area contributed by atoms with Crippen molar-refractivity contribution in [2.45, 2.75) is 19.4 Å². The van der Waals surface area contributed by atoms with Crippen LogP contribution in [0.1, 0.15) is 22.3 Å². The Hall–Kier alpha value is -0.880. The minimum absolute atomic E-state index is 0.0637. The fraction of sp³-hybridized carbons (Fsp3) is 0.417. The van der Waals surface area contributed by atoms with E-state index in [9.17, 15) is 13.2 Å². The molecule has 1 fully saturated rings. The molecule has 1 aliphatic rings. The number of hydrogen-bond donors (Lipinski definition) is 0. The van der Waals surface area contributed by atoms with Crippen molar-refractivity contribution in [2.24, 2.45) is 0 Å². The van der Waals surface area contributed by atoms with Gasteiger partial charge in [-0.1, -0.05) is 22.0 Å². The molecule has 6 heteroatoms. The zero-order chi connectivity index (χ0) is 13.3. The van der Waals surface area contributed by atoms with Gasteiger partial charge >= 0.3 is 5.97 Å². The van der Waals surface area contributed by atoms with Crippen molar-refractivity contribution < 1.29 is 17.9 Å². The molecule has 1 aromatic carbocycles. The molecule has 0 aromatic heterocycles. The van der Waals surface area contributed by atoms with Gasteiger partial charge in [-0.2, -0.15) is 0 Å². The highest BCUT2D eigenvalue weighted by molar-refractivity contribution is 9.10. The fourth-order valence-electron chi connectivity index (χ4n) is 1.79. The highest BCUT2D eigenvalue weighted by Crippen LogP contribution is 2.20. The van der Waals surface area contributed by atoms with Crippen LogP contribution in [-0.4, -0.2) is 32.0 Å². The normalized spacial score (nSPS) is 21.8. The minimum atomic E-state index is -3.02. The molecule has 0 bridgehead atoms. The molecule has 0 saturated carbocycles. The predicted octanol–water partition coefficient (Wildman–Crippen LogP) is 2.10. The largest absolute Gasteiger partial charge is 0.458 e. The van der Waals surface area contributed by atoms with Gasteiger partial charge in [0.05, 0.1) is 17.1 Å². The van der Waals surface area contributed by atoms with Crippen LogP contribution in [-0.2, 0) is 14.6 Å². The molecule has 1 atom stereocenters. The highest BCUT2D eigenvalue weighted by atomic mass is 79.9. The van der Waals surface area contributed by atoms with Crippen LogP contribution < -0.4 is 0 Å². The van der Waals surface area contributed by atoms with Gasteiger partial charge in [0, 0.05) is 4.47 Å². The molecule has 18 heavy (non-hydrogen) atoms. The van der Waals surface area contributed by atoms with E-state index in [2.05, 4.69) is 15.9 Å². The van der Waals surface area contributed by atoms with E-state index in [1.165, 1.54) is 0 Å². The molecule has 0 N–H and O–H groups in total. The van der Waals surface area contributed by atoms with Gasteiger partial charge in [0.2, 0.25) is 0 Å². The molecule has 1 aliphatic heterocycles. The second-order valence-electron chi connectivity index (χ2n) is 4.39. The molecule has 0 unspecified atom stereocenters. The van der Waals surface area contributed by atoms with Gasteiger partial charge in [0.25, 0.3) is 0 Å². The first-order valence-corrected chi connectivity index (χ1v) is 8.16. The molecule has 4 nitrogen and oxygen atoms in total. The molecule has 1 aromatic rings.